The van der Waals surface area contributed by atoms with Crippen LogP contribution < -0.4 is 10.1 Å². The Labute approximate surface area is 126 Å². The molecule has 2 aromatic rings. The van der Waals surface area contributed by atoms with Gasteiger partial charge in [-0.05, 0) is 47.5 Å². The highest BCUT2D eigenvalue weighted by molar-refractivity contribution is 9.10. The Balaban J connectivity index is 2.16. The molecule has 0 bridgehead atoms. The average molecular weight is 339 g/mol. The molecule has 1 N–H and O–H groups in total. The van der Waals surface area contributed by atoms with Crippen LogP contribution in [0.4, 0.5) is 10.1 Å². The molecule has 106 valence electrons. The number of rotatable bonds is 4. The summed E-state index contributed by atoms with van der Waals surface area (Å²) in [6.45, 7) is 4.35. The van der Waals surface area contributed by atoms with Crippen LogP contribution in [0.1, 0.15) is 17.0 Å². The summed E-state index contributed by atoms with van der Waals surface area (Å²) in [7, 11) is 1.63. The fraction of sp³-hybridized carbons (Fsp3) is 0.267. The van der Waals surface area contributed by atoms with Crippen LogP contribution in [0.2, 0.25) is 0 Å². The molecule has 20 heavy (non-hydrogen) atoms. The van der Waals surface area contributed by atoms with Crippen LogP contribution in [0.3, 0.4) is 0 Å². The van der Waals surface area contributed by atoms with Crippen molar-refractivity contribution >= 4 is 21.6 Å². The van der Waals surface area contributed by atoms with Crippen LogP contribution in [-0.4, -0.2) is 12.1 Å². The van der Waals surface area contributed by atoms with Gasteiger partial charge in [-0.1, -0.05) is 0 Å². The zero-order valence-corrected chi connectivity index (χ0v) is 13.2. The average Bonchev–Trinajstić information content (AvgIpc) is 2.40. The van der Waals surface area contributed by atoms with E-state index in [-0.39, 0.29) is 5.82 Å². The molecule has 0 aliphatic heterocycles. The minimum atomic E-state index is -0.284. The molecule has 3 nitrogen and oxygen atoms in total. The largest absolute Gasteiger partial charge is 0.497 e. The van der Waals surface area contributed by atoms with Gasteiger partial charge in [0.2, 0.25) is 0 Å². The molecule has 5 heteroatoms. The Morgan fingerprint density at radius 2 is 2.00 bits per heavy atom. The van der Waals surface area contributed by atoms with Crippen molar-refractivity contribution < 1.29 is 9.13 Å². The van der Waals surface area contributed by atoms with E-state index in [1.165, 1.54) is 6.07 Å². The fourth-order valence-electron chi connectivity index (χ4n) is 1.93. The first-order valence-electron chi connectivity index (χ1n) is 6.20. The fourth-order valence-corrected chi connectivity index (χ4v) is 2.39. The van der Waals surface area contributed by atoms with Gasteiger partial charge in [0.25, 0.3) is 0 Å². The molecule has 0 saturated heterocycles. The van der Waals surface area contributed by atoms with E-state index in [9.17, 15) is 4.39 Å². The highest BCUT2D eigenvalue weighted by Crippen LogP contribution is 2.24. The third kappa shape index (κ3) is 3.48. The molecule has 0 aliphatic carbocycles. The van der Waals surface area contributed by atoms with Crippen LogP contribution in [0.5, 0.6) is 5.75 Å². The van der Waals surface area contributed by atoms with Crippen molar-refractivity contribution in [1.82, 2.24) is 4.98 Å². The molecule has 0 spiro atoms. The molecular weight excluding hydrogens is 323 g/mol. The van der Waals surface area contributed by atoms with E-state index in [1.54, 1.807) is 13.2 Å². The van der Waals surface area contributed by atoms with Crippen LogP contribution in [0.25, 0.3) is 0 Å². The van der Waals surface area contributed by atoms with Crippen molar-refractivity contribution in [3.8, 4) is 5.75 Å². The molecule has 0 fully saturated rings. The molecule has 0 saturated carbocycles. The van der Waals surface area contributed by atoms with E-state index in [2.05, 4.69) is 26.2 Å². The molecule has 0 unspecified atom stereocenters. The molecule has 0 atom stereocenters. The van der Waals surface area contributed by atoms with Gasteiger partial charge in [0.1, 0.15) is 11.6 Å². The number of pyridine rings is 1. The number of nitrogens with zero attached hydrogens (tertiary/aromatic N) is 1. The highest BCUT2D eigenvalue weighted by atomic mass is 79.9. The maximum absolute atomic E-state index is 13.5. The third-order valence-corrected chi connectivity index (χ3v) is 3.55. The first kappa shape index (κ1) is 14.8. The number of aryl methyl sites for hydroxylation is 2. The summed E-state index contributed by atoms with van der Waals surface area (Å²) in [6.07, 6.45) is 0. The smallest absolute Gasteiger partial charge is 0.139 e. The van der Waals surface area contributed by atoms with Crippen molar-refractivity contribution in [3.63, 3.8) is 0 Å². The minimum Gasteiger partial charge on any atom is -0.497 e. The molecule has 0 aliphatic rings. The van der Waals surface area contributed by atoms with E-state index in [0.717, 1.165) is 28.4 Å². The minimum absolute atomic E-state index is 0.284. The number of hydrogen-bond donors (Lipinski definition) is 1. The van der Waals surface area contributed by atoms with Gasteiger partial charge in [0.05, 0.1) is 23.8 Å². The summed E-state index contributed by atoms with van der Waals surface area (Å²) in [6, 6.07) is 6.97. The van der Waals surface area contributed by atoms with Gasteiger partial charge >= 0.3 is 0 Å². The predicted molar refractivity (Wildman–Crippen MR) is 81.7 cm³/mol. The standard InChI is InChI=1S/C15H16BrFN2O/c1-9-4-13(16)14(17)7-15(9)18-8-11-6-12(20-3)5-10(2)19-11/h4-7,18H,8H2,1-3H3. The highest BCUT2D eigenvalue weighted by Gasteiger charge is 2.06. The zero-order valence-electron chi connectivity index (χ0n) is 11.6. The molecule has 0 radical (unpaired) electrons. The molecule has 0 amide bonds. The van der Waals surface area contributed by atoms with Crippen molar-refractivity contribution in [1.29, 1.82) is 0 Å². The normalized spacial score (nSPS) is 10.4. The van der Waals surface area contributed by atoms with Gasteiger partial charge in [-0.25, -0.2) is 4.39 Å². The van der Waals surface area contributed by atoms with Crippen molar-refractivity contribution in [2.75, 3.05) is 12.4 Å². The van der Waals surface area contributed by atoms with E-state index in [4.69, 9.17) is 4.74 Å². The Bertz CT molecular complexity index is 632. The number of hydrogen-bond acceptors (Lipinski definition) is 3. The SMILES string of the molecule is COc1cc(C)nc(CNc2cc(F)c(Br)cc2C)c1. The number of halogens is 2. The number of anilines is 1. The van der Waals surface area contributed by atoms with Gasteiger partial charge in [-0.2, -0.15) is 0 Å². The number of ether oxygens (including phenoxy) is 1. The summed E-state index contributed by atoms with van der Waals surface area (Å²) in [5, 5.41) is 3.20. The predicted octanol–water partition coefficient (Wildman–Crippen LogP) is 4.22. The second-order valence-electron chi connectivity index (χ2n) is 4.57. The Hall–Kier alpha value is -1.62. The van der Waals surface area contributed by atoms with Crippen LogP contribution in [0, 0.1) is 19.7 Å². The lowest BCUT2D eigenvalue weighted by Crippen LogP contribution is -2.05. The maximum Gasteiger partial charge on any atom is 0.139 e. The molecule has 1 heterocycles. The van der Waals surface area contributed by atoms with Gasteiger partial charge in [0.15, 0.2) is 0 Å². The first-order chi connectivity index (χ1) is 9.49. The third-order valence-electron chi connectivity index (χ3n) is 2.94. The Kier molecular flexibility index (Phi) is 4.60. The summed E-state index contributed by atoms with van der Waals surface area (Å²) in [5.74, 6) is 0.487. The van der Waals surface area contributed by atoms with E-state index in [1.807, 2.05) is 26.0 Å². The number of benzene rings is 1. The number of nitrogens with one attached hydrogen (secondary N) is 1. The topological polar surface area (TPSA) is 34.1 Å². The Morgan fingerprint density at radius 1 is 1.25 bits per heavy atom. The lowest BCUT2D eigenvalue weighted by molar-refractivity contribution is 0.413. The van der Waals surface area contributed by atoms with Crippen LogP contribution in [-0.2, 0) is 6.54 Å². The van der Waals surface area contributed by atoms with E-state index in [0.29, 0.717) is 11.0 Å². The molecular formula is C15H16BrFN2O. The summed E-state index contributed by atoms with van der Waals surface area (Å²) < 4.78 is 19.2. The van der Waals surface area contributed by atoms with Gasteiger partial charge in [-0.15, -0.1) is 0 Å². The van der Waals surface area contributed by atoms with Crippen molar-refractivity contribution in [3.05, 3.63) is 51.5 Å². The first-order valence-corrected chi connectivity index (χ1v) is 7.00. The van der Waals surface area contributed by atoms with E-state index >= 15 is 0 Å². The van der Waals surface area contributed by atoms with Gasteiger partial charge in [0, 0.05) is 23.5 Å². The molecule has 1 aromatic carbocycles. The second kappa shape index (κ2) is 6.22. The van der Waals surface area contributed by atoms with Crippen molar-refractivity contribution in [2.45, 2.75) is 20.4 Å². The molecule has 1 aromatic heterocycles. The molecule has 2 rings (SSSR count). The summed E-state index contributed by atoms with van der Waals surface area (Å²) in [4.78, 5) is 4.42. The number of aromatic nitrogens is 1. The number of methoxy groups -OCH3 is 1. The van der Waals surface area contributed by atoms with Crippen molar-refractivity contribution in [2.24, 2.45) is 0 Å². The Morgan fingerprint density at radius 3 is 2.70 bits per heavy atom. The summed E-state index contributed by atoms with van der Waals surface area (Å²) >= 11 is 3.17. The van der Waals surface area contributed by atoms with E-state index < -0.39 is 0 Å². The second-order valence-corrected chi connectivity index (χ2v) is 5.43. The van der Waals surface area contributed by atoms with Crippen LogP contribution >= 0.6 is 15.9 Å². The quantitative estimate of drug-likeness (QED) is 0.906. The van der Waals surface area contributed by atoms with Gasteiger partial charge in [-0.3, -0.25) is 4.98 Å². The zero-order chi connectivity index (χ0) is 14.7. The van der Waals surface area contributed by atoms with Gasteiger partial charge < -0.3 is 10.1 Å². The van der Waals surface area contributed by atoms with Crippen LogP contribution in [0.15, 0.2) is 28.7 Å². The summed E-state index contributed by atoms with van der Waals surface area (Å²) in [5.41, 5.74) is 3.47. The lowest BCUT2D eigenvalue weighted by atomic mass is 10.2. The lowest BCUT2D eigenvalue weighted by Gasteiger charge is -2.11. The maximum atomic E-state index is 13.5. The monoisotopic (exact) mass is 338 g/mol.